The third-order valence-corrected chi connectivity index (χ3v) is 5.30. The van der Waals surface area contributed by atoms with Crippen LogP contribution in [-0.4, -0.2) is 40.6 Å². The molecule has 4 heteroatoms. The molecule has 1 N–H and O–H groups in total. The van der Waals surface area contributed by atoms with Crippen LogP contribution < -0.4 is 5.32 Å². The van der Waals surface area contributed by atoms with Crippen molar-refractivity contribution in [1.82, 2.24) is 10.2 Å². The van der Waals surface area contributed by atoms with Crippen molar-refractivity contribution in [2.45, 2.75) is 72.6 Å². The average molecular weight is 301 g/mol. The first-order valence-electron chi connectivity index (χ1n) is 8.08. The molecule has 1 rings (SSSR count). The average Bonchev–Trinajstić information content (AvgIpc) is 2.71. The Hall–Kier alpha value is -0.220. The summed E-state index contributed by atoms with van der Waals surface area (Å²) in [5, 5.41) is 3.60. The summed E-state index contributed by atoms with van der Waals surface area (Å²) in [5.74, 6) is 3.47. The maximum atomic E-state index is 12.8. The normalized spacial score (nSPS) is 26.4. The number of nitrogens with zero attached hydrogens (tertiary/aromatic N) is 1. The van der Waals surface area contributed by atoms with Gasteiger partial charge in [0.15, 0.2) is 0 Å². The van der Waals surface area contributed by atoms with Crippen molar-refractivity contribution in [3.63, 3.8) is 0 Å². The maximum Gasteiger partial charge on any atom is 0.241 e. The number of thioether (sulfide) groups is 1. The summed E-state index contributed by atoms with van der Waals surface area (Å²) in [7, 11) is 0. The van der Waals surface area contributed by atoms with E-state index >= 15 is 0 Å². The van der Waals surface area contributed by atoms with E-state index in [1.807, 2.05) is 11.8 Å². The summed E-state index contributed by atoms with van der Waals surface area (Å²) in [6, 6.07) is 0.329. The monoisotopic (exact) mass is 300 g/mol. The third-order valence-electron chi connectivity index (χ3n) is 4.17. The SMILES string of the molecule is CCSCC(C)N1C(=O)C(C(C)CC)NC1CC(C)C. The Balaban J connectivity index is 2.81. The van der Waals surface area contributed by atoms with Gasteiger partial charge in [-0.2, -0.15) is 11.8 Å². The second-order valence-corrected chi connectivity index (χ2v) is 7.75. The first-order chi connectivity index (χ1) is 9.42. The van der Waals surface area contributed by atoms with Crippen LogP contribution in [0.15, 0.2) is 0 Å². The maximum absolute atomic E-state index is 12.8. The molecule has 0 radical (unpaired) electrons. The number of rotatable bonds is 8. The van der Waals surface area contributed by atoms with Crippen molar-refractivity contribution < 1.29 is 4.79 Å². The quantitative estimate of drug-likeness (QED) is 0.746. The zero-order valence-corrected chi connectivity index (χ0v) is 14.8. The smallest absolute Gasteiger partial charge is 0.241 e. The lowest BCUT2D eigenvalue weighted by atomic mass is 9.99. The molecule has 0 saturated carbocycles. The molecule has 4 atom stereocenters. The Bertz CT molecular complexity index is 309. The van der Waals surface area contributed by atoms with E-state index in [1.54, 1.807) is 0 Å². The molecule has 1 fully saturated rings. The van der Waals surface area contributed by atoms with E-state index in [-0.39, 0.29) is 12.2 Å². The van der Waals surface area contributed by atoms with Crippen LogP contribution in [0.4, 0.5) is 0 Å². The van der Waals surface area contributed by atoms with Crippen molar-refractivity contribution >= 4 is 17.7 Å². The van der Waals surface area contributed by atoms with Crippen LogP contribution in [-0.2, 0) is 4.79 Å². The van der Waals surface area contributed by atoms with Gasteiger partial charge in [0.1, 0.15) is 0 Å². The first kappa shape index (κ1) is 17.8. The highest BCUT2D eigenvalue weighted by molar-refractivity contribution is 7.99. The molecule has 3 nitrogen and oxygen atoms in total. The third kappa shape index (κ3) is 4.39. The molecule has 1 amide bonds. The van der Waals surface area contributed by atoms with E-state index in [0.717, 1.165) is 24.3 Å². The van der Waals surface area contributed by atoms with Crippen LogP contribution in [0.2, 0.25) is 0 Å². The van der Waals surface area contributed by atoms with E-state index in [1.165, 1.54) is 0 Å². The summed E-state index contributed by atoms with van der Waals surface area (Å²) in [6.07, 6.45) is 2.30. The van der Waals surface area contributed by atoms with Crippen molar-refractivity contribution in [1.29, 1.82) is 0 Å². The predicted molar refractivity (Wildman–Crippen MR) is 88.9 cm³/mol. The molecule has 0 aromatic carbocycles. The van der Waals surface area contributed by atoms with Crippen LogP contribution in [0.5, 0.6) is 0 Å². The Morgan fingerprint density at radius 1 is 1.25 bits per heavy atom. The topological polar surface area (TPSA) is 32.3 Å². The van der Waals surface area contributed by atoms with Crippen LogP contribution in [0, 0.1) is 11.8 Å². The molecule has 1 aliphatic heterocycles. The molecule has 0 bridgehead atoms. The van der Waals surface area contributed by atoms with Crippen molar-refractivity contribution in [3.05, 3.63) is 0 Å². The van der Waals surface area contributed by atoms with Gasteiger partial charge in [0.25, 0.3) is 0 Å². The number of nitrogens with one attached hydrogen (secondary N) is 1. The standard InChI is InChI=1S/C16H32N2OS/c1-7-12(5)15-16(19)18(13(6)10-20-8-2)14(17-15)9-11(3)4/h11-15,17H,7-10H2,1-6H3. The number of carbonyl (C=O) groups is 1. The largest absolute Gasteiger partial charge is 0.322 e. The summed E-state index contributed by atoms with van der Waals surface area (Å²) >= 11 is 1.92. The Morgan fingerprint density at radius 3 is 2.40 bits per heavy atom. The number of amides is 1. The number of hydrogen-bond acceptors (Lipinski definition) is 3. The Morgan fingerprint density at radius 2 is 1.90 bits per heavy atom. The highest BCUT2D eigenvalue weighted by Crippen LogP contribution is 2.26. The zero-order valence-electron chi connectivity index (χ0n) is 14.0. The minimum atomic E-state index is 0.0119. The van der Waals surface area contributed by atoms with Gasteiger partial charge in [0, 0.05) is 11.8 Å². The second-order valence-electron chi connectivity index (χ2n) is 6.43. The van der Waals surface area contributed by atoms with Crippen molar-refractivity contribution in [2.24, 2.45) is 11.8 Å². The zero-order chi connectivity index (χ0) is 15.3. The fraction of sp³-hybridized carbons (Fsp3) is 0.938. The van der Waals surface area contributed by atoms with E-state index < -0.39 is 0 Å². The van der Waals surface area contributed by atoms with Gasteiger partial charge in [0.2, 0.25) is 5.91 Å². The molecule has 4 unspecified atom stereocenters. The first-order valence-corrected chi connectivity index (χ1v) is 9.23. The van der Waals surface area contributed by atoms with Gasteiger partial charge in [0.05, 0.1) is 12.2 Å². The lowest BCUT2D eigenvalue weighted by Crippen LogP contribution is -2.45. The molecule has 1 saturated heterocycles. The molecule has 1 aliphatic rings. The molecule has 0 spiro atoms. The molecular formula is C16H32N2OS. The van der Waals surface area contributed by atoms with Crippen LogP contribution >= 0.6 is 11.8 Å². The highest BCUT2D eigenvalue weighted by Gasteiger charge is 2.42. The van der Waals surface area contributed by atoms with Gasteiger partial charge in [-0.1, -0.05) is 41.0 Å². The Kier molecular flexibility index (Phi) is 7.38. The van der Waals surface area contributed by atoms with Crippen molar-refractivity contribution in [2.75, 3.05) is 11.5 Å². The summed E-state index contributed by atoms with van der Waals surface area (Å²) < 4.78 is 0. The van der Waals surface area contributed by atoms with Crippen molar-refractivity contribution in [3.8, 4) is 0 Å². The van der Waals surface area contributed by atoms with Crippen LogP contribution in [0.3, 0.4) is 0 Å². The van der Waals surface area contributed by atoms with Gasteiger partial charge in [-0.05, 0) is 30.9 Å². The molecule has 20 heavy (non-hydrogen) atoms. The van der Waals surface area contributed by atoms with Gasteiger partial charge >= 0.3 is 0 Å². The van der Waals surface area contributed by atoms with E-state index in [4.69, 9.17) is 0 Å². The molecular weight excluding hydrogens is 268 g/mol. The summed E-state index contributed by atoms with van der Waals surface area (Å²) in [6.45, 7) is 13.2. The van der Waals surface area contributed by atoms with Crippen LogP contribution in [0.25, 0.3) is 0 Å². The van der Waals surface area contributed by atoms with Gasteiger partial charge < -0.3 is 4.90 Å². The molecule has 0 aromatic heterocycles. The predicted octanol–water partition coefficient (Wildman–Crippen LogP) is 3.35. The van der Waals surface area contributed by atoms with Gasteiger partial charge in [-0.25, -0.2) is 0 Å². The fourth-order valence-electron chi connectivity index (χ4n) is 2.84. The second kappa shape index (κ2) is 8.28. The lowest BCUT2D eigenvalue weighted by molar-refractivity contribution is -0.132. The Labute approximate surface area is 129 Å². The summed E-state index contributed by atoms with van der Waals surface area (Å²) in [5.41, 5.74) is 0. The van der Waals surface area contributed by atoms with Gasteiger partial charge in [-0.3, -0.25) is 10.1 Å². The van der Waals surface area contributed by atoms with E-state index in [9.17, 15) is 4.79 Å². The van der Waals surface area contributed by atoms with E-state index in [2.05, 4.69) is 51.8 Å². The fourth-order valence-corrected chi connectivity index (χ4v) is 3.58. The lowest BCUT2D eigenvalue weighted by Gasteiger charge is -2.31. The van der Waals surface area contributed by atoms with Crippen LogP contribution in [0.1, 0.15) is 54.4 Å². The molecule has 0 aromatic rings. The molecule has 118 valence electrons. The summed E-state index contributed by atoms with van der Waals surface area (Å²) in [4.78, 5) is 14.9. The minimum absolute atomic E-state index is 0.0119. The highest BCUT2D eigenvalue weighted by atomic mass is 32.2. The van der Waals surface area contributed by atoms with Gasteiger partial charge in [-0.15, -0.1) is 0 Å². The van der Waals surface area contributed by atoms with E-state index in [0.29, 0.717) is 23.8 Å². The molecule has 1 heterocycles. The minimum Gasteiger partial charge on any atom is -0.322 e. The molecule has 0 aliphatic carbocycles. The number of hydrogen-bond donors (Lipinski definition) is 1. The number of carbonyl (C=O) groups excluding carboxylic acids is 1.